The topological polar surface area (TPSA) is 96.0 Å². The van der Waals surface area contributed by atoms with Gasteiger partial charge in [-0.3, -0.25) is 13.9 Å². The molecule has 0 fully saturated rings. The molecule has 0 saturated heterocycles. The SMILES string of the molecule is CCCNC(=O)[C@@H](C)N(Cc1ccc(Cl)cc1)C(=O)CN(c1ccc(OC)c(Cl)c1)S(=O)(=O)c1ccccc1. The molecule has 3 aromatic rings. The Labute approximate surface area is 239 Å². The zero-order chi connectivity index (χ0) is 28.6. The van der Waals surface area contributed by atoms with Gasteiger partial charge in [0.05, 0.1) is 22.7 Å². The first-order valence-electron chi connectivity index (χ1n) is 12.3. The van der Waals surface area contributed by atoms with Gasteiger partial charge in [0, 0.05) is 18.1 Å². The lowest BCUT2D eigenvalue weighted by atomic mass is 10.1. The van der Waals surface area contributed by atoms with Crippen molar-refractivity contribution >= 4 is 50.7 Å². The highest BCUT2D eigenvalue weighted by atomic mass is 35.5. The fourth-order valence-electron chi connectivity index (χ4n) is 3.82. The highest BCUT2D eigenvalue weighted by molar-refractivity contribution is 7.92. The van der Waals surface area contributed by atoms with Gasteiger partial charge < -0.3 is 15.0 Å². The highest BCUT2D eigenvalue weighted by Gasteiger charge is 2.32. The molecule has 0 bridgehead atoms. The van der Waals surface area contributed by atoms with Crippen LogP contribution in [-0.4, -0.2) is 51.4 Å². The fourth-order valence-corrected chi connectivity index (χ4v) is 5.63. The van der Waals surface area contributed by atoms with Gasteiger partial charge in [0.2, 0.25) is 11.8 Å². The van der Waals surface area contributed by atoms with Gasteiger partial charge in [0.15, 0.2) is 0 Å². The summed E-state index contributed by atoms with van der Waals surface area (Å²) in [6.07, 6.45) is 0.727. The molecular weight excluding hydrogens is 561 g/mol. The standard InChI is InChI=1S/C28H31Cl2N3O5S/c1-4-16-31-28(35)20(2)32(18-21-10-12-22(29)13-11-21)27(34)19-33(23-14-15-26(38-3)25(30)17-23)39(36,37)24-8-6-5-7-9-24/h5-15,17,20H,4,16,18-19H2,1-3H3,(H,31,35)/t20-/m1/s1. The molecule has 1 atom stereocenters. The Hall–Kier alpha value is -3.27. The summed E-state index contributed by atoms with van der Waals surface area (Å²) in [6.45, 7) is 3.48. The number of halogens is 2. The number of carbonyl (C=O) groups excluding carboxylic acids is 2. The fraction of sp³-hybridized carbons (Fsp3) is 0.286. The smallest absolute Gasteiger partial charge is 0.264 e. The van der Waals surface area contributed by atoms with E-state index in [1.165, 1.54) is 42.3 Å². The van der Waals surface area contributed by atoms with Gasteiger partial charge in [0.1, 0.15) is 18.3 Å². The number of hydrogen-bond donors (Lipinski definition) is 1. The first-order chi connectivity index (χ1) is 18.6. The van der Waals surface area contributed by atoms with Gasteiger partial charge >= 0.3 is 0 Å². The number of rotatable bonds is 12. The van der Waals surface area contributed by atoms with E-state index < -0.39 is 28.5 Å². The van der Waals surface area contributed by atoms with E-state index in [1.807, 2.05) is 6.92 Å². The molecule has 208 valence electrons. The Balaban J connectivity index is 2.03. The molecule has 1 N–H and O–H groups in total. The van der Waals surface area contributed by atoms with Crippen LogP contribution in [0, 0.1) is 0 Å². The maximum absolute atomic E-state index is 13.9. The zero-order valence-corrected chi connectivity index (χ0v) is 24.3. The molecule has 0 heterocycles. The lowest BCUT2D eigenvalue weighted by Crippen LogP contribution is -2.51. The molecule has 11 heteroatoms. The number of anilines is 1. The second kappa shape index (κ2) is 13.7. The van der Waals surface area contributed by atoms with E-state index in [9.17, 15) is 18.0 Å². The first kappa shape index (κ1) is 30.3. The summed E-state index contributed by atoms with van der Waals surface area (Å²) >= 11 is 12.3. The van der Waals surface area contributed by atoms with Gasteiger partial charge in [-0.1, -0.05) is 60.5 Å². The second-order valence-corrected chi connectivity index (χ2v) is 11.5. The molecule has 3 rings (SSSR count). The highest BCUT2D eigenvalue weighted by Crippen LogP contribution is 2.32. The summed E-state index contributed by atoms with van der Waals surface area (Å²) < 4.78 is 33.8. The predicted octanol–water partition coefficient (Wildman–Crippen LogP) is 5.14. The molecular formula is C28H31Cl2N3O5S. The lowest BCUT2D eigenvalue weighted by molar-refractivity contribution is -0.139. The summed E-state index contributed by atoms with van der Waals surface area (Å²) in [6, 6.07) is 18.3. The molecule has 0 unspecified atom stereocenters. The minimum Gasteiger partial charge on any atom is -0.495 e. The van der Waals surface area contributed by atoms with Crippen molar-refractivity contribution in [3.8, 4) is 5.75 Å². The number of nitrogens with one attached hydrogen (secondary N) is 1. The van der Waals surface area contributed by atoms with E-state index in [0.717, 1.165) is 16.3 Å². The molecule has 0 aliphatic carbocycles. The monoisotopic (exact) mass is 591 g/mol. The molecule has 0 saturated carbocycles. The van der Waals surface area contributed by atoms with Crippen LogP contribution in [0.2, 0.25) is 10.0 Å². The largest absolute Gasteiger partial charge is 0.495 e. The van der Waals surface area contributed by atoms with Crippen LogP contribution in [-0.2, 0) is 26.2 Å². The maximum Gasteiger partial charge on any atom is 0.264 e. The molecule has 2 amide bonds. The van der Waals surface area contributed by atoms with Crippen LogP contribution in [0.3, 0.4) is 0 Å². The Morgan fingerprint density at radius 1 is 1.00 bits per heavy atom. The summed E-state index contributed by atoms with van der Waals surface area (Å²) in [4.78, 5) is 28.1. The van der Waals surface area contributed by atoms with Crippen molar-refractivity contribution in [1.82, 2.24) is 10.2 Å². The Bertz CT molecular complexity index is 1390. The molecule has 0 aliphatic rings. The van der Waals surface area contributed by atoms with Crippen molar-refractivity contribution < 1.29 is 22.7 Å². The first-order valence-corrected chi connectivity index (χ1v) is 14.5. The third-order valence-electron chi connectivity index (χ3n) is 6.02. The van der Waals surface area contributed by atoms with Crippen molar-refractivity contribution in [3.63, 3.8) is 0 Å². The van der Waals surface area contributed by atoms with Gasteiger partial charge in [-0.2, -0.15) is 0 Å². The Morgan fingerprint density at radius 2 is 1.67 bits per heavy atom. The van der Waals surface area contributed by atoms with Crippen LogP contribution < -0.4 is 14.4 Å². The van der Waals surface area contributed by atoms with Gasteiger partial charge in [0.25, 0.3) is 10.0 Å². The second-order valence-electron chi connectivity index (χ2n) is 8.76. The minimum atomic E-state index is -4.19. The lowest BCUT2D eigenvalue weighted by Gasteiger charge is -2.32. The molecule has 39 heavy (non-hydrogen) atoms. The third-order valence-corrected chi connectivity index (χ3v) is 8.35. The van der Waals surface area contributed by atoms with Crippen LogP contribution in [0.1, 0.15) is 25.8 Å². The van der Waals surface area contributed by atoms with Crippen LogP contribution in [0.5, 0.6) is 5.75 Å². The molecule has 0 spiro atoms. The normalized spacial score (nSPS) is 11.9. The van der Waals surface area contributed by atoms with E-state index in [4.69, 9.17) is 27.9 Å². The molecule has 0 radical (unpaired) electrons. The Morgan fingerprint density at radius 3 is 2.26 bits per heavy atom. The predicted molar refractivity (Wildman–Crippen MR) is 154 cm³/mol. The van der Waals surface area contributed by atoms with Crippen LogP contribution >= 0.6 is 23.2 Å². The third kappa shape index (κ3) is 7.65. The number of nitrogens with zero attached hydrogens (tertiary/aromatic N) is 2. The average Bonchev–Trinajstić information content (AvgIpc) is 2.94. The molecule has 0 aliphatic heterocycles. The number of amides is 2. The number of sulfonamides is 1. The number of ether oxygens (including phenoxy) is 1. The van der Waals surface area contributed by atoms with E-state index in [1.54, 1.807) is 49.4 Å². The van der Waals surface area contributed by atoms with Crippen molar-refractivity contribution in [2.24, 2.45) is 0 Å². The average molecular weight is 593 g/mol. The minimum absolute atomic E-state index is 0.00253. The van der Waals surface area contributed by atoms with Crippen LogP contribution in [0.4, 0.5) is 5.69 Å². The van der Waals surface area contributed by atoms with E-state index in [0.29, 0.717) is 17.3 Å². The zero-order valence-electron chi connectivity index (χ0n) is 21.9. The van der Waals surface area contributed by atoms with Gasteiger partial charge in [-0.05, 0) is 61.4 Å². The van der Waals surface area contributed by atoms with E-state index in [-0.39, 0.29) is 28.1 Å². The summed E-state index contributed by atoms with van der Waals surface area (Å²) in [7, 11) is -2.74. The van der Waals surface area contributed by atoms with Crippen LogP contribution in [0.15, 0.2) is 77.7 Å². The van der Waals surface area contributed by atoms with Crippen molar-refractivity contribution in [3.05, 3.63) is 88.4 Å². The Kier molecular flexibility index (Phi) is 10.6. The molecule has 3 aromatic carbocycles. The van der Waals surface area contributed by atoms with Crippen molar-refractivity contribution in [1.29, 1.82) is 0 Å². The number of hydrogen-bond acceptors (Lipinski definition) is 5. The van der Waals surface area contributed by atoms with E-state index in [2.05, 4.69) is 5.32 Å². The number of benzene rings is 3. The maximum atomic E-state index is 13.9. The number of carbonyl (C=O) groups is 2. The molecule has 8 nitrogen and oxygen atoms in total. The van der Waals surface area contributed by atoms with Gasteiger partial charge in [-0.25, -0.2) is 8.42 Å². The summed E-state index contributed by atoms with van der Waals surface area (Å²) in [5.41, 5.74) is 0.903. The summed E-state index contributed by atoms with van der Waals surface area (Å²) in [5.74, 6) is -0.561. The van der Waals surface area contributed by atoms with E-state index >= 15 is 0 Å². The number of methoxy groups -OCH3 is 1. The van der Waals surface area contributed by atoms with Crippen molar-refractivity contribution in [2.45, 2.75) is 37.8 Å². The van der Waals surface area contributed by atoms with Crippen molar-refractivity contribution in [2.75, 3.05) is 24.5 Å². The summed E-state index contributed by atoms with van der Waals surface area (Å²) in [5, 5.41) is 3.52. The van der Waals surface area contributed by atoms with Gasteiger partial charge in [-0.15, -0.1) is 0 Å². The molecule has 0 aromatic heterocycles. The van der Waals surface area contributed by atoms with Crippen LogP contribution in [0.25, 0.3) is 0 Å². The quantitative estimate of drug-likeness (QED) is 0.314.